The molecule has 0 fully saturated rings. The normalized spacial score (nSPS) is 12.0. The third-order valence-electron chi connectivity index (χ3n) is 3.08. The van der Waals surface area contributed by atoms with Crippen molar-refractivity contribution in [2.75, 3.05) is 20.2 Å². The highest BCUT2D eigenvalue weighted by molar-refractivity contribution is 7.10. The second-order valence-corrected chi connectivity index (χ2v) is 5.64. The van der Waals surface area contributed by atoms with Crippen LogP contribution >= 0.6 is 11.3 Å². The average molecular weight is 305 g/mol. The Labute approximate surface area is 128 Å². The summed E-state index contributed by atoms with van der Waals surface area (Å²) in [7, 11) is 1.65. The largest absolute Gasteiger partial charge is 0.395 e. The summed E-state index contributed by atoms with van der Waals surface area (Å²) in [6, 6.07) is 9.56. The molecule has 2 N–H and O–H groups in total. The number of likely N-dealkylation sites (N-methyl/N-ethyl adjacent to an activating group) is 1. The molecule has 1 atom stereocenters. The minimum atomic E-state index is -0.215. The number of benzene rings is 1. The van der Waals surface area contributed by atoms with Gasteiger partial charge in [0.05, 0.1) is 18.3 Å². The fourth-order valence-corrected chi connectivity index (χ4v) is 2.67. The molecule has 0 aliphatic heterocycles. The van der Waals surface area contributed by atoms with Crippen molar-refractivity contribution in [3.8, 4) is 11.3 Å². The summed E-state index contributed by atoms with van der Waals surface area (Å²) in [5.41, 5.74) is 1.98. The summed E-state index contributed by atoms with van der Waals surface area (Å²) in [4.78, 5) is 17.9. The lowest BCUT2D eigenvalue weighted by molar-refractivity contribution is 0.188. The Bertz CT molecular complexity index is 586. The van der Waals surface area contributed by atoms with Gasteiger partial charge >= 0.3 is 6.03 Å². The number of nitrogens with one attached hydrogen (secondary N) is 1. The lowest BCUT2D eigenvalue weighted by Crippen LogP contribution is -2.39. The molecule has 0 bridgehead atoms. The molecule has 6 heteroatoms. The van der Waals surface area contributed by atoms with Crippen LogP contribution in [0.4, 0.5) is 4.79 Å². The van der Waals surface area contributed by atoms with Gasteiger partial charge in [-0.25, -0.2) is 9.78 Å². The average Bonchev–Trinajstić information content (AvgIpc) is 2.98. The molecule has 0 radical (unpaired) electrons. The molecular weight excluding hydrogens is 286 g/mol. The van der Waals surface area contributed by atoms with Gasteiger partial charge in [0.15, 0.2) is 0 Å². The Hall–Kier alpha value is -1.92. The SMILES string of the molecule is CC(NC(=O)N(C)CCO)c1nc(-c2ccccc2)cs1. The number of aliphatic hydroxyl groups excluding tert-OH is 1. The highest BCUT2D eigenvalue weighted by Gasteiger charge is 2.16. The van der Waals surface area contributed by atoms with Crippen LogP contribution in [0.25, 0.3) is 11.3 Å². The van der Waals surface area contributed by atoms with Crippen molar-refractivity contribution in [2.45, 2.75) is 13.0 Å². The van der Waals surface area contributed by atoms with Crippen molar-refractivity contribution >= 4 is 17.4 Å². The Morgan fingerprint density at radius 1 is 1.43 bits per heavy atom. The van der Waals surface area contributed by atoms with E-state index in [1.54, 1.807) is 7.05 Å². The molecule has 0 aliphatic carbocycles. The molecular formula is C15H19N3O2S. The number of nitrogens with zero attached hydrogens (tertiary/aromatic N) is 2. The Balaban J connectivity index is 2.02. The second kappa shape index (κ2) is 7.19. The van der Waals surface area contributed by atoms with Crippen LogP contribution in [0.5, 0.6) is 0 Å². The molecule has 0 spiro atoms. The molecule has 1 aromatic carbocycles. The van der Waals surface area contributed by atoms with E-state index in [4.69, 9.17) is 5.11 Å². The van der Waals surface area contributed by atoms with Crippen LogP contribution < -0.4 is 5.32 Å². The van der Waals surface area contributed by atoms with Crippen LogP contribution in [0, 0.1) is 0 Å². The first-order chi connectivity index (χ1) is 10.1. The van der Waals surface area contributed by atoms with Gasteiger partial charge < -0.3 is 15.3 Å². The van der Waals surface area contributed by atoms with E-state index in [9.17, 15) is 4.79 Å². The van der Waals surface area contributed by atoms with Crippen LogP contribution in [-0.2, 0) is 0 Å². The summed E-state index contributed by atoms with van der Waals surface area (Å²) < 4.78 is 0. The van der Waals surface area contributed by atoms with Gasteiger partial charge in [-0.1, -0.05) is 30.3 Å². The predicted molar refractivity (Wildman–Crippen MR) is 84.2 cm³/mol. The topological polar surface area (TPSA) is 65.5 Å². The quantitative estimate of drug-likeness (QED) is 0.892. The summed E-state index contributed by atoms with van der Waals surface area (Å²) in [5.74, 6) is 0. The Morgan fingerprint density at radius 2 is 2.14 bits per heavy atom. The maximum absolute atomic E-state index is 11.9. The highest BCUT2D eigenvalue weighted by Crippen LogP contribution is 2.25. The van der Waals surface area contributed by atoms with E-state index < -0.39 is 0 Å². The number of hydrogen-bond donors (Lipinski definition) is 2. The number of aliphatic hydroxyl groups is 1. The smallest absolute Gasteiger partial charge is 0.317 e. The van der Waals surface area contributed by atoms with Gasteiger partial charge in [0, 0.05) is 24.5 Å². The van der Waals surface area contributed by atoms with Crippen molar-refractivity contribution in [1.29, 1.82) is 0 Å². The fourth-order valence-electron chi connectivity index (χ4n) is 1.84. The molecule has 1 heterocycles. The van der Waals surface area contributed by atoms with Crippen molar-refractivity contribution in [3.05, 3.63) is 40.7 Å². The van der Waals surface area contributed by atoms with Crippen LogP contribution in [0.3, 0.4) is 0 Å². The van der Waals surface area contributed by atoms with Crippen LogP contribution in [0.2, 0.25) is 0 Å². The van der Waals surface area contributed by atoms with Gasteiger partial charge in [0.25, 0.3) is 0 Å². The molecule has 2 rings (SSSR count). The third-order valence-corrected chi connectivity index (χ3v) is 4.11. The van der Waals surface area contributed by atoms with Crippen LogP contribution in [-0.4, -0.2) is 41.2 Å². The first-order valence-electron chi connectivity index (χ1n) is 6.75. The van der Waals surface area contributed by atoms with E-state index in [1.165, 1.54) is 16.2 Å². The molecule has 2 amide bonds. The molecule has 5 nitrogen and oxygen atoms in total. The van der Waals surface area contributed by atoms with E-state index in [2.05, 4.69) is 10.3 Å². The standard InChI is InChI=1S/C15H19N3O2S/c1-11(16-15(20)18(2)8-9-19)14-17-13(10-21-14)12-6-4-3-5-7-12/h3-7,10-11,19H,8-9H2,1-2H3,(H,16,20). The van der Waals surface area contributed by atoms with E-state index in [0.29, 0.717) is 6.54 Å². The van der Waals surface area contributed by atoms with Gasteiger partial charge in [-0.2, -0.15) is 0 Å². The van der Waals surface area contributed by atoms with Gasteiger partial charge in [0.1, 0.15) is 5.01 Å². The molecule has 1 unspecified atom stereocenters. The molecule has 0 saturated carbocycles. The summed E-state index contributed by atoms with van der Waals surface area (Å²) >= 11 is 1.53. The van der Waals surface area contributed by atoms with E-state index in [0.717, 1.165) is 16.3 Å². The third kappa shape index (κ3) is 4.03. The number of urea groups is 1. The zero-order valence-electron chi connectivity index (χ0n) is 12.1. The number of aromatic nitrogens is 1. The monoisotopic (exact) mass is 305 g/mol. The number of thiazole rings is 1. The minimum absolute atomic E-state index is 0.0479. The van der Waals surface area contributed by atoms with Crippen molar-refractivity contribution in [2.24, 2.45) is 0 Å². The predicted octanol–water partition coefficient (Wildman–Crippen LogP) is 2.50. The number of rotatable bonds is 5. The first kappa shape index (κ1) is 15.5. The fraction of sp³-hybridized carbons (Fsp3) is 0.333. The van der Waals surface area contributed by atoms with Crippen molar-refractivity contribution in [1.82, 2.24) is 15.2 Å². The lowest BCUT2D eigenvalue weighted by Gasteiger charge is -2.19. The summed E-state index contributed by atoms with van der Waals surface area (Å²) in [6.45, 7) is 2.16. The van der Waals surface area contributed by atoms with Crippen LogP contribution in [0.15, 0.2) is 35.7 Å². The maximum atomic E-state index is 11.9. The van der Waals surface area contributed by atoms with Gasteiger partial charge in [-0.05, 0) is 6.92 Å². The van der Waals surface area contributed by atoms with Gasteiger partial charge in [-0.3, -0.25) is 0 Å². The highest BCUT2D eigenvalue weighted by atomic mass is 32.1. The Kier molecular flexibility index (Phi) is 5.30. The molecule has 1 aromatic heterocycles. The number of amides is 2. The molecule has 2 aromatic rings. The number of carbonyl (C=O) groups excluding carboxylic acids is 1. The van der Waals surface area contributed by atoms with E-state index in [-0.39, 0.29) is 18.7 Å². The molecule has 21 heavy (non-hydrogen) atoms. The van der Waals surface area contributed by atoms with E-state index in [1.807, 2.05) is 42.6 Å². The molecule has 0 aliphatic rings. The van der Waals surface area contributed by atoms with Crippen LogP contribution in [0.1, 0.15) is 18.0 Å². The number of hydrogen-bond acceptors (Lipinski definition) is 4. The number of carbonyl (C=O) groups is 1. The Morgan fingerprint density at radius 3 is 2.81 bits per heavy atom. The molecule has 112 valence electrons. The van der Waals surface area contributed by atoms with Gasteiger partial charge in [-0.15, -0.1) is 11.3 Å². The first-order valence-corrected chi connectivity index (χ1v) is 7.63. The lowest BCUT2D eigenvalue weighted by atomic mass is 10.2. The van der Waals surface area contributed by atoms with Gasteiger partial charge in [0.2, 0.25) is 0 Å². The van der Waals surface area contributed by atoms with Crippen molar-refractivity contribution < 1.29 is 9.90 Å². The maximum Gasteiger partial charge on any atom is 0.317 e. The summed E-state index contributed by atoms with van der Waals surface area (Å²) in [5, 5.41) is 14.6. The zero-order chi connectivity index (χ0) is 15.2. The zero-order valence-corrected chi connectivity index (χ0v) is 12.9. The minimum Gasteiger partial charge on any atom is -0.395 e. The van der Waals surface area contributed by atoms with E-state index >= 15 is 0 Å². The van der Waals surface area contributed by atoms with Crippen molar-refractivity contribution in [3.63, 3.8) is 0 Å². The second-order valence-electron chi connectivity index (χ2n) is 4.75. The summed E-state index contributed by atoms with van der Waals surface area (Å²) in [6.07, 6.45) is 0. The molecule has 0 saturated heterocycles.